The van der Waals surface area contributed by atoms with Gasteiger partial charge in [-0.25, -0.2) is 18.5 Å². The van der Waals surface area contributed by atoms with E-state index in [1.807, 2.05) is 60.7 Å². The van der Waals surface area contributed by atoms with Crippen LogP contribution >= 0.6 is 15.9 Å². The molecular formula is C29H24BrN3O2S. The van der Waals surface area contributed by atoms with Crippen molar-refractivity contribution in [2.75, 3.05) is 0 Å². The van der Waals surface area contributed by atoms with E-state index in [-0.39, 0.29) is 4.90 Å². The fraction of sp³-hybridized carbons (Fsp3) is 0.0690. The third-order valence-corrected chi connectivity index (χ3v) is 7.50. The summed E-state index contributed by atoms with van der Waals surface area (Å²) in [4.78, 5) is 5.28. The van der Waals surface area contributed by atoms with E-state index in [0.717, 1.165) is 43.9 Å². The molecule has 0 unspecified atom stereocenters. The van der Waals surface area contributed by atoms with Crippen LogP contribution in [0.15, 0.2) is 119 Å². The summed E-state index contributed by atoms with van der Waals surface area (Å²) in [6.45, 7) is 0.657. The van der Waals surface area contributed by atoms with Gasteiger partial charge in [0.2, 0.25) is 10.0 Å². The van der Waals surface area contributed by atoms with Crippen molar-refractivity contribution < 1.29 is 8.42 Å². The molecule has 0 saturated carbocycles. The van der Waals surface area contributed by atoms with Crippen molar-refractivity contribution in [1.29, 1.82) is 0 Å². The lowest BCUT2D eigenvalue weighted by Crippen LogP contribution is -2.12. The Morgan fingerprint density at radius 1 is 0.722 bits per heavy atom. The van der Waals surface area contributed by atoms with Crippen molar-refractivity contribution in [2.24, 2.45) is 5.14 Å². The lowest BCUT2D eigenvalue weighted by molar-refractivity contribution is 0.597. The number of nitrogens with zero attached hydrogens (tertiary/aromatic N) is 2. The molecule has 0 aliphatic rings. The van der Waals surface area contributed by atoms with Gasteiger partial charge < -0.3 is 4.57 Å². The Kier molecular flexibility index (Phi) is 6.87. The van der Waals surface area contributed by atoms with E-state index in [1.54, 1.807) is 12.1 Å². The first kappa shape index (κ1) is 24.2. The van der Waals surface area contributed by atoms with Crippen molar-refractivity contribution in [1.82, 2.24) is 9.55 Å². The zero-order valence-corrected chi connectivity index (χ0v) is 21.8. The number of imidazole rings is 1. The van der Waals surface area contributed by atoms with Crippen LogP contribution in [0.1, 0.15) is 5.56 Å². The number of aromatic nitrogens is 2. The van der Waals surface area contributed by atoms with Gasteiger partial charge in [0.05, 0.1) is 16.3 Å². The molecule has 4 aromatic carbocycles. The number of primary sulfonamides is 1. The number of aryl methyl sites for hydroxylation is 1. The Hall–Kier alpha value is -3.52. The quantitative estimate of drug-likeness (QED) is 0.247. The maximum Gasteiger partial charge on any atom is 0.238 e. The van der Waals surface area contributed by atoms with E-state index in [1.165, 1.54) is 0 Å². The number of rotatable bonds is 7. The first-order valence-electron chi connectivity index (χ1n) is 11.5. The van der Waals surface area contributed by atoms with Crippen molar-refractivity contribution in [3.63, 3.8) is 0 Å². The number of hydrogen-bond acceptors (Lipinski definition) is 3. The van der Waals surface area contributed by atoms with Crippen LogP contribution < -0.4 is 5.14 Å². The smallest absolute Gasteiger partial charge is 0.238 e. The average Bonchev–Trinajstić information content (AvgIpc) is 3.28. The molecule has 0 spiro atoms. The van der Waals surface area contributed by atoms with Crippen LogP contribution in [0.2, 0.25) is 0 Å². The molecule has 5 aromatic rings. The molecule has 0 aliphatic carbocycles. The highest BCUT2D eigenvalue weighted by molar-refractivity contribution is 9.10. The molecule has 1 aromatic heterocycles. The van der Waals surface area contributed by atoms with Gasteiger partial charge in [-0.2, -0.15) is 0 Å². The van der Waals surface area contributed by atoms with Crippen LogP contribution in [0.3, 0.4) is 0 Å². The van der Waals surface area contributed by atoms with Crippen LogP contribution in [0, 0.1) is 0 Å². The Bertz CT molecular complexity index is 1580. The fourth-order valence-corrected chi connectivity index (χ4v) is 5.04. The number of hydrogen-bond donors (Lipinski definition) is 1. The zero-order valence-electron chi connectivity index (χ0n) is 19.4. The van der Waals surface area contributed by atoms with Crippen LogP contribution in [-0.2, 0) is 23.0 Å². The molecule has 5 nitrogen and oxygen atoms in total. The average molecular weight is 559 g/mol. The lowest BCUT2D eigenvalue weighted by atomic mass is 10.0. The molecule has 0 amide bonds. The van der Waals surface area contributed by atoms with E-state index in [4.69, 9.17) is 10.1 Å². The summed E-state index contributed by atoms with van der Waals surface area (Å²) >= 11 is 3.53. The summed E-state index contributed by atoms with van der Waals surface area (Å²) in [7, 11) is -3.72. The van der Waals surface area contributed by atoms with Gasteiger partial charge in [-0.15, -0.1) is 0 Å². The molecule has 0 aliphatic heterocycles. The Morgan fingerprint density at radius 2 is 1.31 bits per heavy atom. The van der Waals surface area contributed by atoms with Crippen molar-refractivity contribution >= 4 is 26.0 Å². The van der Waals surface area contributed by atoms with Gasteiger partial charge >= 0.3 is 0 Å². The molecule has 5 rings (SSSR count). The second-order valence-electron chi connectivity index (χ2n) is 8.46. The van der Waals surface area contributed by atoms with Crippen molar-refractivity contribution in [2.45, 2.75) is 17.9 Å². The molecule has 180 valence electrons. The standard InChI is InChI=1S/C29H24BrN3O2S/c30-25-15-13-24(14-16-25)29-32-27(22-7-3-1-4-8-22)28(23-9-5-2-6-10-23)33(29)20-19-21-11-17-26(18-12-21)36(31,34)35/h1-18H,19-20H2,(H2,31,34,35). The Balaban J connectivity index is 1.64. The van der Waals surface area contributed by atoms with E-state index < -0.39 is 10.0 Å². The predicted molar refractivity (Wildman–Crippen MR) is 148 cm³/mol. The summed E-state index contributed by atoms with van der Waals surface area (Å²) in [5.74, 6) is 0.876. The third-order valence-electron chi connectivity index (χ3n) is 6.04. The molecule has 2 N–H and O–H groups in total. The molecule has 0 atom stereocenters. The Labute approximate surface area is 219 Å². The van der Waals surface area contributed by atoms with Crippen LogP contribution in [0.4, 0.5) is 0 Å². The third kappa shape index (κ3) is 5.18. The second-order valence-corrected chi connectivity index (χ2v) is 10.9. The highest BCUT2D eigenvalue weighted by Gasteiger charge is 2.21. The fourth-order valence-electron chi connectivity index (χ4n) is 4.26. The highest BCUT2D eigenvalue weighted by Crippen LogP contribution is 2.36. The Morgan fingerprint density at radius 3 is 1.89 bits per heavy atom. The molecule has 1 heterocycles. The van der Waals surface area contributed by atoms with Crippen LogP contribution in [-0.4, -0.2) is 18.0 Å². The number of halogens is 1. The van der Waals surface area contributed by atoms with E-state index in [9.17, 15) is 8.42 Å². The van der Waals surface area contributed by atoms with Crippen LogP contribution in [0.5, 0.6) is 0 Å². The molecular weight excluding hydrogens is 534 g/mol. The molecule has 0 saturated heterocycles. The predicted octanol–water partition coefficient (Wildman–Crippen LogP) is 6.54. The number of nitrogens with two attached hydrogens (primary N) is 1. The first-order valence-corrected chi connectivity index (χ1v) is 13.8. The van der Waals surface area contributed by atoms with Gasteiger partial charge in [0.1, 0.15) is 5.82 Å². The van der Waals surface area contributed by atoms with Gasteiger partial charge in [-0.1, -0.05) is 101 Å². The topological polar surface area (TPSA) is 78.0 Å². The van der Waals surface area contributed by atoms with Gasteiger partial charge in [-0.05, 0) is 36.2 Å². The number of sulfonamides is 1. The second kappa shape index (κ2) is 10.2. The monoisotopic (exact) mass is 557 g/mol. The summed E-state index contributed by atoms with van der Waals surface area (Å²) in [6, 6.07) is 35.4. The van der Waals surface area contributed by atoms with Crippen LogP contribution in [0.25, 0.3) is 33.9 Å². The van der Waals surface area contributed by atoms with E-state index in [0.29, 0.717) is 13.0 Å². The minimum Gasteiger partial charge on any atom is -0.323 e. The summed E-state index contributed by atoms with van der Waals surface area (Å²) in [5.41, 5.74) is 6.12. The van der Waals surface area contributed by atoms with Gasteiger partial charge in [0.15, 0.2) is 0 Å². The SMILES string of the molecule is NS(=O)(=O)c1ccc(CCn2c(-c3ccc(Br)cc3)nc(-c3ccccc3)c2-c2ccccc2)cc1. The zero-order chi connectivity index (χ0) is 25.1. The maximum atomic E-state index is 11.7. The van der Waals surface area contributed by atoms with Crippen molar-refractivity contribution in [3.8, 4) is 33.9 Å². The lowest BCUT2D eigenvalue weighted by Gasteiger charge is -2.14. The molecule has 0 fully saturated rings. The van der Waals surface area contributed by atoms with Crippen molar-refractivity contribution in [3.05, 3.63) is 119 Å². The van der Waals surface area contributed by atoms with Gasteiger partial charge in [0.25, 0.3) is 0 Å². The molecule has 7 heteroatoms. The molecule has 36 heavy (non-hydrogen) atoms. The minimum atomic E-state index is -3.72. The number of benzene rings is 4. The highest BCUT2D eigenvalue weighted by atomic mass is 79.9. The largest absolute Gasteiger partial charge is 0.323 e. The summed E-state index contributed by atoms with van der Waals surface area (Å²) < 4.78 is 26.6. The normalized spacial score (nSPS) is 11.5. The van der Waals surface area contributed by atoms with E-state index >= 15 is 0 Å². The van der Waals surface area contributed by atoms with E-state index in [2.05, 4.69) is 56.9 Å². The van der Waals surface area contributed by atoms with Gasteiger partial charge in [-0.3, -0.25) is 0 Å². The summed E-state index contributed by atoms with van der Waals surface area (Å²) in [5, 5.41) is 5.27. The van der Waals surface area contributed by atoms with Gasteiger partial charge in [0, 0.05) is 27.7 Å². The molecule has 0 radical (unpaired) electrons. The minimum absolute atomic E-state index is 0.112. The summed E-state index contributed by atoms with van der Waals surface area (Å²) in [6.07, 6.45) is 0.693. The molecule has 0 bridgehead atoms. The maximum absolute atomic E-state index is 11.7. The first-order chi connectivity index (χ1) is 17.4.